The lowest BCUT2D eigenvalue weighted by molar-refractivity contribution is -0.123. The van der Waals surface area contributed by atoms with Crippen LogP contribution in [0.5, 0.6) is 11.5 Å². The summed E-state index contributed by atoms with van der Waals surface area (Å²) < 4.78 is 13.7. The normalized spacial score (nSPS) is 14.8. The number of amides is 2. The van der Waals surface area contributed by atoms with Gasteiger partial charge in [-0.15, -0.1) is 0 Å². The number of thioether (sulfide) groups is 1. The number of imide groups is 1. The van der Waals surface area contributed by atoms with Crippen LogP contribution in [0.2, 0.25) is 0 Å². The standard InChI is InChI=1S/C27H28N2O4S/c1-19-8-7-11-24(16-19)33-15-13-29-26(30)25(34-27(29)31)18-22-17-20(2)28(21(22)3)12-14-32-23-9-5-4-6-10-23/h4-11,16-18H,12-15H2,1-3H3/b25-18-. The van der Waals surface area contributed by atoms with Crippen LogP contribution in [-0.2, 0) is 11.3 Å². The summed E-state index contributed by atoms with van der Waals surface area (Å²) in [5.41, 5.74) is 4.13. The first-order valence-electron chi connectivity index (χ1n) is 11.2. The van der Waals surface area contributed by atoms with Crippen molar-refractivity contribution in [2.24, 2.45) is 0 Å². The summed E-state index contributed by atoms with van der Waals surface area (Å²) in [7, 11) is 0. The number of nitrogens with zero attached hydrogens (tertiary/aromatic N) is 2. The molecule has 2 heterocycles. The minimum Gasteiger partial charge on any atom is -0.492 e. The van der Waals surface area contributed by atoms with Gasteiger partial charge in [0, 0.05) is 11.4 Å². The van der Waals surface area contributed by atoms with E-state index in [1.165, 1.54) is 4.90 Å². The second-order valence-corrected chi connectivity index (χ2v) is 9.13. The van der Waals surface area contributed by atoms with E-state index < -0.39 is 0 Å². The van der Waals surface area contributed by atoms with Gasteiger partial charge in [-0.3, -0.25) is 14.5 Å². The van der Waals surface area contributed by atoms with Crippen LogP contribution < -0.4 is 9.47 Å². The van der Waals surface area contributed by atoms with Crippen molar-refractivity contribution >= 4 is 29.0 Å². The van der Waals surface area contributed by atoms with E-state index in [1.54, 1.807) is 0 Å². The second-order valence-electron chi connectivity index (χ2n) is 8.14. The summed E-state index contributed by atoms with van der Waals surface area (Å²) in [6.07, 6.45) is 1.81. The van der Waals surface area contributed by atoms with Gasteiger partial charge < -0.3 is 14.0 Å². The quantitative estimate of drug-likeness (QED) is 0.376. The Kier molecular flexibility index (Phi) is 7.43. The Morgan fingerprint density at radius 3 is 2.32 bits per heavy atom. The van der Waals surface area contributed by atoms with Crippen molar-refractivity contribution in [2.75, 3.05) is 19.8 Å². The summed E-state index contributed by atoms with van der Waals surface area (Å²) in [6.45, 7) is 7.73. The molecule has 0 radical (unpaired) electrons. The number of benzene rings is 2. The molecule has 4 rings (SSSR count). The molecule has 0 atom stereocenters. The number of carbonyl (C=O) groups excluding carboxylic acids is 2. The fourth-order valence-corrected chi connectivity index (χ4v) is 4.74. The first-order chi connectivity index (χ1) is 16.4. The predicted octanol–water partition coefficient (Wildman–Crippen LogP) is 5.61. The molecular weight excluding hydrogens is 448 g/mol. The van der Waals surface area contributed by atoms with Gasteiger partial charge in [0.25, 0.3) is 11.1 Å². The molecule has 1 aliphatic heterocycles. The first kappa shape index (κ1) is 23.7. The third kappa shape index (κ3) is 5.54. The predicted molar refractivity (Wildman–Crippen MR) is 135 cm³/mol. The SMILES string of the molecule is Cc1cccc(OCCN2C(=O)S/C(=C\c3cc(C)n(CCOc4ccccc4)c3C)C2=O)c1. The van der Waals surface area contributed by atoms with E-state index in [-0.39, 0.29) is 24.3 Å². The summed E-state index contributed by atoms with van der Waals surface area (Å²) in [6, 6.07) is 19.4. The van der Waals surface area contributed by atoms with E-state index in [2.05, 4.69) is 4.57 Å². The molecule has 6 nitrogen and oxygen atoms in total. The highest BCUT2D eigenvalue weighted by molar-refractivity contribution is 8.18. The maximum absolute atomic E-state index is 12.9. The Balaban J connectivity index is 1.38. The molecule has 34 heavy (non-hydrogen) atoms. The molecule has 0 bridgehead atoms. The van der Waals surface area contributed by atoms with Crippen molar-refractivity contribution < 1.29 is 19.1 Å². The van der Waals surface area contributed by atoms with Crippen molar-refractivity contribution in [3.05, 3.63) is 88.1 Å². The fraction of sp³-hybridized carbons (Fsp3) is 0.259. The third-order valence-corrected chi connectivity index (χ3v) is 6.58. The number of rotatable bonds is 9. The van der Waals surface area contributed by atoms with Crippen molar-refractivity contribution in [3.63, 3.8) is 0 Å². The van der Waals surface area contributed by atoms with E-state index in [9.17, 15) is 9.59 Å². The third-order valence-electron chi connectivity index (χ3n) is 5.67. The zero-order valence-electron chi connectivity index (χ0n) is 19.6. The molecule has 2 amide bonds. The largest absolute Gasteiger partial charge is 0.492 e. The first-order valence-corrected chi connectivity index (χ1v) is 12.0. The number of aryl methyl sites for hydroxylation is 2. The average Bonchev–Trinajstić information content (AvgIpc) is 3.24. The van der Waals surface area contributed by atoms with E-state index in [0.717, 1.165) is 45.8 Å². The van der Waals surface area contributed by atoms with Gasteiger partial charge in [-0.25, -0.2) is 0 Å². The molecule has 0 unspecified atom stereocenters. The van der Waals surface area contributed by atoms with Crippen LogP contribution in [0.4, 0.5) is 4.79 Å². The van der Waals surface area contributed by atoms with Crippen LogP contribution >= 0.6 is 11.8 Å². The smallest absolute Gasteiger partial charge is 0.293 e. The number of hydrogen-bond acceptors (Lipinski definition) is 5. The molecule has 0 saturated carbocycles. The Morgan fingerprint density at radius 2 is 1.56 bits per heavy atom. The Hall–Kier alpha value is -3.45. The topological polar surface area (TPSA) is 60.8 Å². The highest BCUT2D eigenvalue weighted by atomic mass is 32.2. The molecule has 0 N–H and O–H groups in total. The summed E-state index contributed by atoms with van der Waals surface area (Å²) >= 11 is 0.973. The Labute approximate surface area is 204 Å². The molecule has 0 aliphatic carbocycles. The lowest BCUT2D eigenvalue weighted by atomic mass is 10.2. The molecule has 0 spiro atoms. The molecular formula is C27H28N2O4S. The summed E-state index contributed by atoms with van der Waals surface area (Å²) in [5.74, 6) is 1.29. The van der Waals surface area contributed by atoms with Crippen LogP contribution in [0.25, 0.3) is 6.08 Å². The molecule has 2 aromatic carbocycles. The van der Waals surface area contributed by atoms with Crippen LogP contribution in [0.3, 0.4) is 0 Å². The van der Waals surface area contributed by atoms with E-state index in [1.807, 2.05) is 87.5 Å². The highest BCUT2D eigenvalue weighted by Gasteiger charge is 2.35. The molecule has 176 valence electrons. The second kappa shape index (κ2) is 10.7. The van der Waals surface area contributed by atoms with Gasteiger partial charge in [-0.2, -0.15) is 0 Å². The van der Waals surface area contributed by atoms with Crippen LogP contribution in [0, 0.1) is 20.8 Å². The zero-order valence-corrected chi connectivity index (χ0v) is 20.4. The van der Waals surface area contributed by atoms with E-state index >= 15 is 0 Å². The van der Waals surface area contributed by atoms with Crippen LogP contribution in [0.1, 0.15) is 22.5 Å². The van der Waals surface area contributed by atoms with Gasteiger partial charge in [0.05, 0.1) is 18.0 Å². The molecule has 1 aliphatic rings. The Bertz CT molecular complexity index is 1220. The van der Waals surface area contributed by atoms with E-state index in [0.29, 0.717) is 18.1 Å². The summed E-state index contributed by atoms with van der Waals surface area (Å²) in [4.78, 5) is 27.0. The lowest BCUT2D eigenvalue weighted by Crippen LogP contribution is -2.32. The van der Waals surface area contributed by atoms with Crippen molar-refractivity contribution in [1.82, 2.24) is 9.47 Å². The average molecular weight is 477 g/mol. The molecule has 1 saturated heterocycles. The number of carbonyl (C=O) groups is 2. The highest BCUT2D eigenvalue weighted by Crippen LogP contribution is 2.33. The lowest BCUT2D eigenvalue weighted by Gasteiger charge is -2.13. The van der Waals surface area contributed by atoms with Gasteiger partial charge in [-0.1, -0.05) is 30.3 Å². The van der Waals surface area contributed by atoms with Gasteiger partial charge in [-0.05, 0) is 80.1 Å². The summed E-state index contributed by atoms with van der Waals surface area (Å²) in [5, 5.41) is -0.269. The molecule has 1 aromatic heterocycles. The molecule has 7 heteroatoms. The van der Waals surface area contributed by atoms with Gasteiger partial charge in [0.2, 0.25) is 0 Å². The minimum atomic E-state index is -0.278. The number of para-hydroxylation sites is 1. The maximum atomic E-state index is 12.9. The van der Waals surface area contributed by atoms with Crippen molar-refractivity contribution in [2.45, 2.75) is 27.3 Å². The number of ether oxygens (including phenoxy) is 2. The molecule has 1 fully saturated rings. The van der Waals surface area contributed by atoms with Crippen LogP contribution in [-0.4, -0.2) is 40.4 Å². The monoisotopic (exact) mass is 476 g/mol. The van der Waals surface area contributed by atoms with Crippen LogP contribution in [0.15, 0.2) is 65.6 Å². The maximum Gasteiger partial charge on any atom is 0.293 e. The van der Waals surface area contributed by atoms with Crippen molar-refractivity contribution in [1.29, 1.82) is 0 Å². The molecule has 3 aromatic rings. The number of hydrogen-bond donors (Lipinski definition) is 0. The fourth-order valence-electron chi connectivity index (χ4n) is 3.88. The van der Waals surface area contributed by atoms with Gasteiger partial charge in [0.1, 0.15) is 24.7 Å². The van der Waals surface area contributed by atoms with Gasteiger partial charge >= 0.3 is 0 Å². The zero-order chi connectivity index (χ0) is 24.1. The van der Waals surface area contributed by atoms with Crippen molar-refractivity contribution in [3.8, 4) is 11.5 Å². The van der Waals surface area contributed by atoms with Gasteiger partial charge in [0.15, 0.2) is 0 Å². The Morgan fingerprint density at radius 1 is 0.853 bits per heavy atom. The number of aromatic nitrogens is 1. The van der Waals surface area contributed by atoms with E-state index in [4.69, 9.17) is 9.47 Å². The minimum absolute atomic E-state index is 0.214.